The fraction of sp³-hybridized carbons (Fsp3) is 0.481. The van der Waals surface area contributed by atoms with E-state index in [1.54, 1.807) is 18.3 Å². The van der Waals surface area contributed by atoms with Crippen molar-refractivity contribution < 1.29 is 27.0 Å². The number of piperidine rings is 1. The molecule has 2 aromatic carbocycles. The summed E-state index contributed by atoms with van der Waals surface area (Å²) in [6.45, 7) is 2.83. The van der Waals surface area contributed by atoms with Crippen LogP contribution in [0.5, 0.6) is 5.75 Å². The maximum atomic E-state index is 14.7. The molecule has 1 N–H and O–H groups in total. The van der Waals surface area contributed by atoms with Crippen molar-refractivity contribution in [2.75, 3.05) is 39.1 Å². The van der Waals surface area contributed by atoms with Crippen molar-refractivity contribution in [2.24, 2.45) is 7.05 Å². The standard InChI is InChI=1S/C27H33F2N3O4S/c1-4-37(34,35)32-11-9-27(10-12-32)17-31(15-18-13-19(28)5-8-22(18)29)24(16-33)26-25(27)21-7-6-20(36-3)14-23(21)30(26)2/h5-8,13-14,24,33H,4,9-12,15-17H2,1-3H3/t24-/m1/s1. The lowest BCUT2D eigenvalue weighted by Crippen LogP contribution is -2.54. The summed E-state index contributed by atoms with van der Waals surface area (Å²) in [6, 6.07) is 8.89. The molecule has 1 aromatic heterocycles. The van der Waals surface area contributed by atoms with Crippen molar-refractivity contribution in [1.29, 1.82) is 0 Å². The maximum Gasteiger partial charge on any atom is 0.213 e. The summed E-state index contributed by atoms with van der Waals surface area (Å²) in [5.41, 5.74) is 2.78. The topological polar surface area (TPSA) is 75.0 Å². The Bertz CT molecular complexity index is 1430. The number of aliphatic hydroxyl groups is 1. The Morgan fingerprint density at radius 2 is 1.86 bits per heavy atom. The number of hydrogen-bond donors (Lipinski definition) is 1. The highest BCUT2D eigenvalue weighted by atomic mass is 32.2. The Hall–Kier alpha value is -2.53. The number of fused-ring (bicyclic) bond motifs is 4. The minimum atomic E-state index is -3.32. The van der Waals surface area contributed by atoms with E-state index >= 15 is 0 Å². The third-order valence-corrected chi connectivity index (χ3v) is 10.1. The average Bonchev–Trinajstić information content (AvgIpc) is 3.19. The zero-order valence-corrected chi connectivity index (χ0v) is 22.2. The van der Waals surface area contributed by atoms with Crippen LogP contribution in [0.25, 0.3) is 10.9 Å². The van der Waals surface area contributed by atoms with Gasteiger partial charge in [-0.2, -0.15) is 0 Å². The molecule has 0 unspecified atom stereocenters. The molecule has 0 saturated carbocycles. The van der Waals surface area contributed by atoms with Crippen LogP contribution < -0.4 is 4.74 Å². The number of halogens is 2. The van der Waals surface area contributed by atoms with Crippen molar-refractivity contribution in [2.45, 2.75) is 37.8 Å². The fourth-order valence-corrected chi connectivity index (χ4v) is 7.40. The number of hydrogen-bond acceptors (Lipinski definition) is 5. The number of ether oxygens (including phenoxy) is 1. The Balaban J connectivity index is 1.66. The molecule has 0 aliphatic carbocycles. The molecule has 1 saturated heterocycles. The van der Waals surface area contributed by atoms with Crippen LogP contribution in [0.2, 0.25) is 0 Å². The van der Waals surface area contributed by atoms with Crippen molar-refractivity contribution in [3.63, 3.8) is 0 Å². The Kier molecular flexibility index (Phi) is 6.81. The van der Waals surface area contributed by atoms with E-state index in [1.807, 2.05) is 30.1 Å². The number of nitrogens with zero attached hydrogens (tertiary/aromatic N) is 3. The minimum absolute atomic E-state index is 0.0525. The number of aliphatic hydroxyl groups excluding tert-OH is 1. The van der Waals surface area contributed by atoms with Crippen LogP contribution in [0.4, 0.5) is 8.78 Å². The van der Waals surface area contributed by atoms with Gasteiger partial charge in [0.1, 0.15) is 17.4 Å². The summed E-state index contributed by atoms with van der Waals surface area (Å²) in [4.78, 5) is 2.01. The highest BCUT2D eigenvalue weighted by Crippen LogP contribution is 2.50. The van der Waals surface area contributed by atoms with Gasteiger partial charge in [-0.05, 0) is 55.7 Å². The second-order valence-electron chi connectivity index (χ2n) is 10.1. The van der Waals surface area contributed by atoms with Gasteiger partial charge >= 0.3 is 0 Å². The summed E-state index contributed by atoms with van der Waals surface area (Å²) in [6.07, 6.45) is 1.18. The molecule has 2 aliphatic heterocycles. The summed E-state index contributed by atoms with van der Waals surface area (Å²) in [5, 5.41) is 11.6. The lowest BCUT2D eigenvalue weighted by atomic mass is 9.68. The number of benzene rings is 2. The van der Waals surface area contributed by atoms with Gasteiger partial charge in [-0.1, -0.05) is 0 Å². The first-order chi connectivity index (χ1) is 17.6. The first-order valence-electron chi connectivity index (χ1n) is 12.6. The summed E-state index contributed by atoms with van der Waals surface area (Å²) < 4.78 is 63.0. The zero-order valence-electron chi connectivity index (χ0n) is 21.4. The zero-order chi connectivity index (χ0) is 26.5. The van der Waals surface area contributed by atoms with E-state index in [9.17, 15) is 22.3 Å². The first kappa shape index (κ1) is 26.1. The normalized spacial score (nSPS) is 20.4. The van der Waals surface area contributed by atoms with E-state index < -0.39 is 33.1 Å². The van der Waals surface area contributed by atoms with E-state index in [1.165, 1.54) is 6.07 Å². The minimum Gasteiger partial charge on any atom is -0.497 e. The SMILES string of the molecule is CCS(=O)(=O)N1CCC2(CC1)CN(Cc1cc(F)ccc1F)[C@H](CO)c1c2c2ccc(OC)cc2n1C. The number of rotatable bonds is 6. The molecule has 2 aliphatic rings. The quantitative estimate of drug-likeness (QED) is 0.523. The molecular weight excluding hydrogens is 500 g/mol. The summed E-state index contributed by atoms with van der Waals surface area (Å²) in [7, 11) is 0.235. The lowest BCUT2D eigenvalue weighted by molar-refractivity contribution is 0.0507. The van der Waals surface area contributed by atoms with Gasteiger partial charge in [-0.15, -0.1) is 0 Å². The van der Waals surface area contributed by atoms with Gasteiger partial charge in [0.2, 0.25) is 10.0 Å². The number of aryl methyl sites for hydroxylation is 1. The van der Waals surface area contributed by atoms with E-state index in [0.717, 1.165) is 34.3 Å². The molecule has 10 heteroatoms. The molecule has 3 heterocycles. The molecule has 1 spiro atoms. The van der Waals surface area contributed by atoms with Crippen LogP contribution in [0, 0.1) is 11.6 Å². The van der Waals surface area contributed by atoms with Crippen LogP contribution >= 0.6 is 0 Å². The van der Waals surface area contributed by atoms with Gasteiger partial charge in [-0.25, -0.2) is 21.5 Å². The average molecular weight is 534 g/mol. The maximum absolute atomic E-state index is 14.7. The van der Waals surface area contributed by atoms with Crippen molar-refractivity contribution >= 4 is 20.9 Å². The highest BCUT2D eigenvalue weighted by molar-refractivity contribution is 7.89. The lowest BCUT2D eigenvalue weighted by Gasteiger charge is -2.50. The van der Waals surface area contributed by atoms with E-state index in [2.05, 4.69) is 4.57 Å². The van der Waals surface area contributed by atoms with E-state index in [4.69, 9.17) is 4.74 Å². The van der Waals surface area contributed by atoms with Crippen LogP contribution in [-0.4, -0.2) is 66.4 Å². The van der Waals surface area contributed by atoms with Crippen LogP contribution in [-0.2, 0) is 29.0 Å². The van der Waals surface area contributed by atoms with Gasteiger partial charge in [0.15, 0.2) is 0 Å². The van der Waals surface area contributed by atoms with Crippen LogP contribution in [0.1, 0.15) is 42.6 Å². The summed E-state index contributed by atoms with van der Waals surface area (Å²) in [5.74, 6) is -0.248. The number of methoxy groups -OCH3 is 1. The predicted molar refractivity (Wildman–Crippen MR) is 138 cm³/mol. The fourth-order valence-electron chi connectivity index (χ4n) is 6.30. The molecule has 1 atom stereocenters. The third-order valence-electron chi connectivity index (χ3n) is 8.24. The second-order valence-corrected chi connectivity index (χ2v) is 12.4. The smallest absolute Gasteiger partial charge is 0.213 e. The summed E-state index contributed by atoms with van der Waals surface area (Å²) >= 11 is 0. The molecule has 3 aromatic rings. The van der Waals surface area contributed by atoms with E-state index in [0.29, 0.717) is 38.2 Å². The van der Waals surface area contributed by atoms with E-state index in [-0.39, 0.29) is 24.5 Å². The largest absolute Gasteiger partial charge is 0.497 e. The highest BCUT2D eigenvalue weighted by Gasteiger charge is 2.49. The predicted octanol–water partition coefficient (Wildman–Crippen LogP) is 3.70. The molecule has 5 rings (SSSR count). The molecule has 0 radical (unpaired) electrons. The van der Waals surface area contributed by atoms with Gasteiger partial charge in [0.05, 0.1) is 31.0 Å². The Morgan fingerprint density at radius 1 is 1.14 bits per heavy atom. The molecule has 7 nitrogen and oxygen atoms in total. The van der Waals surface area contributed by atoms with Crippen LogP contribution in [0.15, 0.2) is 36.4 Å². The monoisotopic (exact) mass is 533 g/mol. The van der Waals surface area contributed by atoms with Gasteiger partial charge in [-0.3, -0.25) is 4.90 Å². The first-order valence-corrected chi connectivity index (χ1v) is 14.2. The Labute approximate surface area is 216 Å². The van der Waals surface area contributed by atoms with Crippen LogP contribution in [0.3, 0.4) is 0 Å². The van der Waals surface area contributed by atoms with Gasteiger partial charge in [0.25, 0.3) is 0 Å². The van der Waals surface area contributed by atoms with Crippen molar-refractivity contribution in [3.05, 3.63) is 64.9 Å². The Morgan fingerprint density at radius 3 is 2.51 bits per heavy atom. The molecule has 1 fully saturated rings. The van der Waals surface area contributed by atoms with Crippen molar-refractivity contribution in [1.82, 2.24) is 13.8 Å². The number of sulfonamides is 1. The molecule has 200 valence electrons. The van der Waals surface area contributed by atoms with Gasteiger partial charge in [0, 0.05) is 61.4 Å². The molecule has 0 amide bonds. The molecule has 37 heavy (non-hydrogen) atoms. The number of aromatic nitrogens is 1. The molecular formula is C27H33F2N3O4S. The van der Waals surface area contributed by atoms with Crippen molar-refractivity contribution in [3.8, 4) is 5.75 Å². The van der Waals surface area contributed by atoms with Gasteiger partial charge < -0.3 is 14.4 Å². The second kappa shape index (κ2) is 9.65. The third kappa shape index (κ3) is 4.33. The molecule has 0 bridgehead atoms.